The predicted octanol–water partition coefficient (Wildman–Crippen LogP) is 3.94. The molecule has 0 spiro atoms. The largest absolute Gasteiger partial charge is 0.495 e. The fourth-order valence-corrected chi connectivity index (χ4v) is 5.07. The number of hydrogen-bond donors (Lipinski definition) is 2. The smallest absolute Gasteiger partial charge is 0.265 e. The second-order valence-electron chi connectivity index (χ2n) is 7.21. The molecule has 1 aliphatic rings. The molecule has 2 heterocycles. The Morgan fingerprint density at radius 3 is 2.64 bits per heavy atom. The van der Waals surface area contributed by atoms with Crippen LogP contribution < -0.4 is 15.2 Å². The lowest BCUT2D eigenvalue weighted by Gasteiger charge is -2.21. The number of aromatic nitrogens is 1. The van der Waals surface area contributed by atoms with Gasteiger partial charge in [-0.3, -0.25) is 9.71 Å². The third kappa shape index (κ3) is 4.92. The number of sulfonamides is 1. The Labute approximate surface area is 202 Å². The quantitative estimate of drug-likeness (QED) is 0.492. The molecule has 4 rings (SSSR count). The van der Waals surface area contributed by atoms with Crippen molar-refractivity contribution in [3.05, 3.63) is 83.1 Å². The van der Waals surface area contributed by atoms with E-state index in [0.29, 0.717) is 28.4 Å². The molecule has 0 bridgehead atoms. The molecule has 3 N–H and O–H groups in total. The van der Waals surface area contributed by atoms with Gasteiger partial charge in [-0.2, -0.15) is 5.10 Å². The molecule has 0 radical (unpaired) electrons. The second-order valence-corrected chi connectivity index (χ2v) is 9.72. The molecule has 1 aromatic heterocycles. The minimum Gasteiger partial charge on any atom is -0.495 e. The Balaban J connectivity index is 1.70. The number of nitrogens with zero attached hydrogens (tertiary/aromatic N) is 3. The van der Waals surface area contributed by atoms with Crippen molar-refractivity contribution in [1.82, 2.24) is 9.99 Å². The lowest BCUT2D eigenvalue weighted by molar-refractivity contribution is 0.373. The summed E-state index contributed by atoms with van der Waals surface area (Å²) in [4.78, 5) is 3.92. The van der Waals surface area contributed by atoms with Crippen molar-refractivity contribution in [2.45, 2.75) is 17.4 Å². The van der Waals surface area contributed by atoms with E-state index in [2.05, 4.69) is 14.8 Å². The number of anilines is 1. The highest BCUT2D eigenvalue weighted by molar-refractivity contribution is 7.92. The zero-order valence-corrected chi connectivity index (χ0v) is 19.9. The summed E-state index contributed by atoms with van der Waals surface area (Å²) in [6.07, 6.45) is 3.45. The molecule has 1 aliphatic heterocycles. The molecule has 2 aromatic carbocycles. The van der Waals surface area contributed by atoms with Gasteiger partial charge in [0.1, 0.15) is 10.6 Å². The van der Waals surface area contributed by atoms with Crippen LogP contribution in [0.15, 0.2) is 77.0 Å². The Hall–Kier alpha value is -3.21. The van der Waals surface area contributed by atoms with Crippen LogP contribution in [0.4, 0.5) is 5.69 Å². The first-order chi connectivity index (χ1) is 15.8. The number of nitrogens with two attached hydrogens (primary N) is 1. The van der Waals surface area contributed by atoms with Gasteiger partial charge in [0.05, 0.1) is 30.7 Å². The number of rotatable bonds is 6. The molecule has 170 valence electrons. The number of pyridine rings is 1. The van der Waals surface area contributed by atoms with Crippen molar-refractivity contribution in [2.75, 3.05) is 11.8 Å². The van der Waals surface area contributed by atoms with Crippen molar-refractivity contribution in [3.63, 3.8) is 0 Å². The molecule has 1 atom stereocenters. The summed E-state index contributed by atoms with van der Waals surface area (Å²) in [6.45, 7) is 0. The molecular formula is C22H20ClN5O3S2. The van der Waals surface area contributed by atoms with Crippen LogP contribution in [0.5, 0.6) is 5.75 Å². The van der Waals surface area contributed by atoms with Crippen LogP contribution in [-0.4, -0.2) is 36.3 Å². The summed E-state index contributed by atoms with van der Waals surface area (Å²) >= 11 is 11.2. The summed E-state index contributed by atoms with van der Waals surface area (Å²) in [6, 6.07) is 15.2. The number of nitrogens with one attached hydrogen (secondary N) is 1. The van der Waals surface area contributed by atoms with Crippen LogP contribution in [0.1, 0.15) is 23.6 Å². The number of thiocarbonyl (C=S) groups is 1. The number of halogens is 1. The fourth-order valence-electron chi connectivity index (χ4n) is 3.53. The predicted molar refractivity (Wildman–Crippen MR) is 132 cm³/mol. The van der Waals surface area contributed by atoms with Gasteiger partial charge in [0.2, 0.25) is 0 Å². The molecule has 11 heteroatoms. The summed E-state index contributed by atoms with van der Waals surface area (Å²) in [5.74, 6) is 0.203. The number of hydrogen-bond acceptors (Lipinski definition) is 6. The molecule has 0 aliphatic carbocycles. The molecule has 0 saturated heterocycles. The Morgan fingerprint density at radius 2 is 2.00 bits per heavy atom. The SMILES string of the molecule is COc1ccc(C2=NN(C(N)=S)C(c3ccc(Cl)cc3)C2)cc1S(=O)(=O)Nc1cccnc1. The van der Waals surface area contributed by atoms with E-state index in [1.807, 2.05) is 12.1 Å². The highest BCUT2D eigenvalue weighted by atomic mass is 35.5. The minimum atomic E-state index is -3.96. The van der Waals surface area contributed by atoms with E-state index in [4.69, 9.17) is 34.3 Å². The van der Waals surface area contributed by atoms with Crippen LogP contribution in [0.2, 0.25) is 5.02 Å². The Kier molecular flexibility index (Phi) is 6.50. The number of hydrazone groups is 1. The van der Waals surface area contributed by atoms with E-state index in [1.54, 1.807) is 47.6 Å². The van der Waals surface area contributed by atoms with Gasteiger partial charge in [-0.1, -0.05) is 23.7 Å². The molecule has 8 nitrogen and oxygen atoms in total. The lowest BCUT2D eigenvalue weighted by atomic mass is 9.98. The van der Waals surface area contributed by atoms with Crippen molar-refractivity contribution < 1.29 is 13.2 Å². The molecule has 3 aromatic rings. The third-order valence-corrected chi connectivity index (χ3v) is 6.93. The summed E-state index contributed by atoms with van der Waals surface area (Å²) in [5, 5.41) is 6.87. The second kappa shape index (κ2) is 9.34. The maximum absolute atomic E-state index is 13.1. The van der Waals surface area contributed by atoms with Gasteiger partial charge in [-0.25, -0.2) is 13.4 Å². The zero-order valence-electron chi connectivity index (χ0n) is 17.5. The van der Waals surface area contributed by atoms with Gasteiger partial charge in [-0.15, -0.1) is 0 Å². The van der Waals surface area contributed by atoms with E-state index in [9.17, 15) is 8.42 Å². The molecule has 33 heavy (non-hydrogen) atoms. The van der Waals surface area contributed by atoms with E-state index >= 15 is 0 Å². The normalized spacial score (nSPS) is 15.8. The van der Waals surface area contributed by atoms with E-state index < -0.39 is 10.0 Å². The van der Waals surface area contributed by atoms with Crippen molar-refractivity contribution in [2.24, 2.45) is 10.8 Å². The van der Waals surface area contributed by atoms with E-state index in [-0.39, 0.29) is 21.8 Å². The van der Waals surface area contributed by atoms with Gasteiger partial charge in [-0.05, 0) is 65.8 Å². The molecular weight excluding hydrogens is 482 g/mol. The lowest BCUT2D eigenvalue weighted by Crippen LogP contribution is -2.31. The topological polar surface area (TPSA) is 110 Å². The monoisotopic (exact) mass is 501 g/mol. The van der Waals surface area contributed by atoms with Crippen LogP contribution in [0, 0.1) is 0 Å². The molecule has 0 saturated carbocycles. The molecule has 0 fully saturated rings. The van der Waals surface area contributed by atoms with E-state index in [0.717, 1.165) is 5.56 Å². The molecule has 1 unspecified atom stereocenters. The van der Waals surface area contributed by atoms with Crippen molar-refractivity contribution in [3.8, 4) is 5.75 Å². The summed E-state index contributed by atoms with van der Waals surface area (Å²) in [7, 11) is -2.54. The maximum Gasteiger partial charge on any atom is 0.265 e. The van der Waals surface area contributed by atoms with Crippen molar-refractivity contribution >= 4 is 50.4 Å². The van der Waals surface area contributed by atoms with Gasteiger partial charge < -0.3 is 10.5 Å². The highest BCUT2D eigenvalue weighted by Gasteiger charge is 2.31. The number of methoxy groups -OCH3 is 1. The van der Waals surface area contributed by atoms with Crippen LogP contribution in [0.25, 0.3) is 0 Å². The molecule has 0 amide bonds. The third-order valence-electron chi connectivity index (χ3n) is 5.09. The van der Waals surface area contributed by atoms with Crippen LogP contribution in [-0.2, 0) is 10.0 Å². The number of benzene rings is 2. The first-order valence-corrected chi connectivity index (χ1v) is 12.1. The summed E-state index contributed by atoms with van der Waals surface area (Å²) in [5.41, 5.74) is 8.45. The van der Waals surface area contributed by atoms with Gasteiger partial charge >= 0.3 is 0 Å². The Bertz CT molecular complexity index is 1320. The van der Waals surface area contributed by atoms with Gasteiger partial charge in [0.25, 0.3) is 10.0 Å². The summed E-state index contributed by atoms with van der Waals surface area (Å²) < 4.78 is 34.1. The minimum absolute atomic E-state index is 0.0223. The first kappa shape index (κ1) is 23.0. The maximum atomic E-state index is 13.1. The zero-order chi connectivity index (χ0) is 23.6. The van der Waals surface area contributed by atoms with E-state index in [1.165, 1.54) is 19.4 Å². The average molecular weight is 502 g/mol. The van der Waals surface area contributed by atoms with Crippen LogP contribution in [0.3, 0.4) is 0 Å². The average Bonchev–Trinajstić information content (AvgIpc) is 3.25. The Morgan fingerprint density at radius 1 is 1.24 bits per heavy atom. The van der Waals surface area contributed by atoms with Gasteiger partial charge in [0, 0.05) is 17.6 Å². The van der Waals surface area contributed by atoms with Crippen LogP contribution >= 0.6 is 23.8 Å². The van der Waals surface area contributed by atoms with Crippen molar-refractivity contribution in [1.29, 1.82) is 0 Å². The first-order valence-electron chi connectivity index (χ1n) is 9.81. The number of ether oxygens (including phenoxy) is 1. The fraction of sp³-hybridized carbons (Fsp3) is 0.136. The standard InChI is InChI=1S/C22H20ClN5O3S2/c1-31-20-9-6-15(11-21(20)33(29,30)27-17-3-2-10-25-13-17)18-12-19(28(26-18)22(24)32)14-4-7-16(23)8-5-14/h2-11,13,19,27H,12H2,1H3,(H2,24,32). The highest BCUT2D eigenvalue weighted by Crippen LogP contribution is 2.35. The van der Waals surface area contributed by atoms with Gasteiger partial charge in [0.15, 0.2) is 5.11 Å².